The lowest BCUT2D eigenvalue weighted by atomic mass is 9.48. The Hall–Kier alpha value is -1.46. The van der Waals surface area contributed by atoms with Crippen LogP contribution in [0.4, 0.5) is 0 Å². The minimum absolute atomic E-state index is 0.159. The first-order valence-electron chi connectivity index (χ1n) is 10.8. The van der Waals surface area contributed by atoms with Crippen LogP contribution in [0.3, 0.4) is 0 Å². The number of likely N-dealkylation sites (N-methyl/N-ethyl adjacent to an activating group) is 1. The van der Waals surface area contributed by atoms with Crippen molar-refractivity contribution in [1.82, 2.24) is 15.2 Å². The third-order valence-corrected chi connectivity index (χ3v) is 8.56. The van der Waals surface area contributed by atoms with Gasteiger partial charge in [-0.05, 0) is 87.8 Å². The first-order chi connectivity index (χ1) is 13.5. The number of carbonyl (C=O) groups excluding carboxylic acids is 1. The van der Waals surface area contributed by atoms with Gasteiger partial charge in [-0.25, -0.2) is 4.98 Å². The number of fused-ring (bicyclic) bond motifs is 1. The zero-order valence-corrected chi connectivity index (χ0v) is 17.8. The molecule has 4 aliphatic carbocycles. The van der Waals surface area contributed by atoms with Gasteiger partial charge in [-0.15, -0.1) is 11.3 Å². The van der Waals surface area contributed by atoms with Crippen molar-refractivity contribution in [1.29, 1.82) is 0 Å². The summed E-state index contributed by atoms with van der Waals surface area (Å²) in [5.41, 5.74) is 1.42. The number of para-hydroxylation sites is 1. The van der Waals surface area contributed by atoms with Gasteiger partial charge in [0.05, 0.1) is 23.3 Å². The molecule has 0 unspecified atom stereocenters. The zero-order valence-electron chi connectivity index (χ0n) is 17.0. The van der Waals surface area contributed by atoms with E-state index < -0.39 is 0 Å². The fourth-order valence-corrected chi connectivity index (χ4v) is 7.72. The minimum atomic E-state index is 0.159. The number of carbonyl (C=O) groups is 1. The van der Waals surface area contributed by atoms with E-state index in [1.807, 2.05) is 19.2 Å². The molecule has 28 heavy (non-hydrogen) atoms. The van der Waals surface area contributed by atoms with E-state index in [1.165, 1.54) is 43.2 Å². The van der Waals surface area contributed by atoms with E-state index in [9.17, 15) is 4.79 Å². The Kier molecular flexibility index (Phi) is 4.71. The Labute approximate surface area is 171 Å². The molecule has 4 aliphatic rings. The van der Waals surface area contributed by atoms with Crippen molar-refractivity contribution in [3.63, 3.8) is 0 Å². The number of benzene rings is 1. The number of rotatable bonds is 6. The number of hydrogen-bond acceptors (Lipinski definition) is 4. The molecule has 150 valence electrons. The summed E-state index contributed by atoms with van der Waals surface area (Å²) in [6.07, 6.45) is 8.35. The molecular weight excluding hydrogens is 366 g/mol. The normalized spacial score (nSPS) is 32.2. The van der Waals surface area contributed by atoms with E-state index >= 15 is 0 Å². The molecule has 5 heteroatoms. The van der Waals surface area contributed by atoms with Crippen molar-refractivity contribution in [3.8, 4) is 0 Å². The van der Waals surface area contributed by atoms with E-state index in [4.69, 9.17) is 4.98 Å². The third kappa shape index (κ3) is 3.48. The maximum absolute atomic E-state index is 12.7. The van der Waals surface area contributed by atoms with E-state index in [1.54, 1.807) is 11.3 Å². The van der Waals surface area contributed by atoms with E-state index in [-0.39, 0.29) is 5.91 Å². The number of hydrogen-bond donors (Lipinski definition) is 1. The second-order valence-corrected chi connectivity index (χ2v) is 10.9. The van der Waals surface area contributed by atoms with Crippen molar-refractivity contribution >= 4 is 27.5 Å². The maximum Gasteiger partial charge on any atom is 0.234 e. The molecule has 4 fully saturated rings. The molecule has 4 bridgehead atoms. The van der Waals surface area contributed by atoms with Gasteiger partial charge in [0.1, 0.15) is 5.01 Å². The van der Waals surface area contributed by atoms with Crippen LogP contribution in [0.1, 0.15) is 50.5 Å². The summed E-state index contributed by atoms with van der Waals surface area (Å²) in [5.74, 6) is 2.93. The predicted octanol–water partition coefficient (Wildman–Crippen LogP) is 4.45. The van der Waals surface area contributed by atoms with Crippen LogP contribution in [0.5, 0.6) is 0 Å². The van der Waals surface area contributed by atoms with Crippen LogP contribution >= 0.6 is 11.3 Å². The molecule has 0 aliphatic heterocycles. The molecule has 1 atom stereocenters. The number of nitrogens with one attached hydrogen (secondary N) is 1. The Morgan fingerprint density at radius 1 is 1.21 bits per heavy atom. The third-order valence-electron chi connectivity index (χ3n) is 7.54. The average molecular weight is 398 g/mol. The van der Waals surface area contributed by atoms with Gasteiger partial charge in [0.2, 0.25) is 5.91 Å². The lowest BCUT2D eigenvalue weighted by Crippen LogP contribution is -2.56. The van der Waals surface area contributed by atoms with Crippen LogP contribution in [0.25, 0.3) is 10.2 Å². The number of thiazole rings is 1. The Bertz CT molecular complexity index is 807. The van der Waals surface area contributed by atoms with Gasteiger partial charge in [-0.3, -0.25) is 9.69 Å². The number of nitrogens with zero attached hydrogens (tertiary/aromatic N) is 2. The van der Waals surface area contributed by atoms with Gasteiger partial charge in [0, 0.05) is 6.04 Å². The molecule has 0 spiro atoms. The van der Waals surface area contributed by atoms with Crippen LogP contribution < -0.4 is 5.32 Å². The molecule has 0 saturated heterocycles. The topological polar surface area (TPSA) is 45.2 Å². The van der Waals surface area contributed by atoms with Crippen molar-refractivity contribution in [2.24, 2.45) is 23.2 Å². The van der Waals surface area contributed by atoms with Crippen molar-refractivity contribution in [2.75, 3.05) is 13.6 Å². The highest BCUT2D eigenvalue weighted by molar-refractivity contribution is 7.18. The molecule has 2 aromatic rings. The van der Waals surface area contributed by atoms with E-state index in [2.05, 4.69) is 29.3 Å². The highest BCUT2D eigenvalue weighted by Crippen LogP contribution is 2.61. The highest BCUT2D eigenvalue weighted by Gasteiger charge is 2.53. The van der Waals surface area contributed by atoms with Gasteiger partial charge in [0.15, 0.2) is 0 Å². The number of aromatic nitrogens is 1. The highest BCUT2D eigenvalue weighted by atomic mass is 32.1. The van der Waals surface area contributed by atoms with Crippen LogP contribution in [0.2, 0.25) is 0 Å². The number of amides is 1. The summed E-state index contributed by atoms with van der Waals surface area (Å²) in [7, 11) is 2.01. The average Bonchev–Trinajstić information content (AvgIpc) is 3.02. The van der Waals surface area contributed by atoms with Crippen LogP contribution in [0.15, 0.2) is 24.3 Å². The molecule has 0 radical (unpaired) electrons. The predicted molar refractivity (Wildman–Crippen MR) is 114 cm³/mol. The van der Waals surface area contributed by atoms with Crippen molar-refractivity contribution in [2.45, 2.75) is 58.0 Å². The first-order valence-corrected chi connectivity index (χ1v) is 11.6. The van der Waals surface area contributed by atoms with Crippen LogP contribution in [-0.2, 0) is 11.3 Å². The van der Waals surface area contributed by atoms with Crippen LogP contribution in [0, 0.1) is 23.2 Å². The van der Waals surface area contributed by atoms with Gasteiger partial charge in [-0.1, -0.05) is 12.1 Å². The smallest absolute Gasteiger partial charge is 0.234 e. The molecule has 1 aromatic carbocycles. The van der Waals surface area contributed by atoms with Crippen molar-refractivity contribution < 1.29 is 4.79 Å². The minimum Gasteiger partial charge on any atom is -0.352 e. The fourth-order valence-electron chi connectivity index (χ4n) is 6.67. The molecule has 4 nitrogen and oxygen atoms in total. The summed E-state index contributed by atoms with van der Waals surface area (Å²) < 4.78 is 1.21. The van der Waals surface area contributed by atoms with Crippen molar-refractivity contribution in [3.05, 3.63) is 29.3 Å². The first kappa shape index (κ1) is 18.6. The molecule has 1 amide bonds. The summed E-state index contributed by atoms with van der Waals surface area (Å²) >= 11 is 1.72. The van der Waals surface area contributed by atoms with Gasteiger partial charge in [0.25, 0.3) is 0 Å². The van der Waals surface area contributed by atoms with Gasteiger partial charge >= 0.3 is 0 Å². The van der Waals surface area contributed by atoms with E-state index in [0.29, 0.717) is 18.0 Å². The second kappa shape index (κ2) is 7.10. The molecule has 4 saturated carbocycles. The SMILES string of the molecule is C[C@H](NC(=O)CN(C)Cc1nc2ccccc2s1)C12CC3CC(CC(C3)C1)C2. The Balaban J connectivity index is 1.18. The summed E-state index contributed by atoms with van der Waals surface area (Å²) in [6.45, 7) is 3.42. The monoisotopic (exact) mass is 397 g/mol. The molecule has 6 rings (SSSR count). The molecule has 1 N–H and O–H groups in total. The largest absolute Gasteiger partial charge is 0.352 e. The summed E-state index contributed by atoms with van der Waals surface area (Å²) in [4.78, 5) is 19.5. The van der Waals surface area contributed by atoms with E-state index in [0.717, 1.165) is 34.8 Å². The van der Waals surface area contributed by atoms with Crippen LogP contribution in [-0.4, -0.2) is 35.4 Å². The second-order valence-electron chi connectivity index (χ2n) is 9.82. The lowest BCUT2D eigenvalue weighted by Gasteiger charge is -2.59. The summed E-state index contributed by atoms with van der Waals surface area (Å²) in [5, 5.41) is 4.46. The van der Waals surface area contributed by atoms with Gasteiger partial charge < -0.3 is 5.32 Å². The summed E-state index contributed by atoms with van der Waals surface area (Å²) in [6, 6.07) is 8.53. The Morgan fingerprint density at radius 3 is 2.50 bits per heavy atom. The fraction of sp³-hybridized carbons (Fsp3) is 0.652. The maximum atomic E-state index is 12.7. The Morgan fingerprint density at radius 2 is 1.86 bits per heavy atom. The molecule has 1 aromatic heterocycles. The molecular formula is C23H31N3OS. The quantitative estimate of drug-likeness (QED) is 0.783. The standard InChI is InChI=1S/C23H31N3OS/c1-15(23-10-16-7-17(11-23)9-18(8-16)12-23)24-21(27)13-26(2)14-22-25-19-5-3-4-6-20(19)28-22/h3-6,15-18H,7-14H2,1-2H3,(H,24,27)/t15-,16?,17?,18?,23?/m0/s1. The van der Waals surface area contributed by atoms with Gasteiger partial charge in [-0.2, -0.15) is 0 Å². The lowest BCUT2D eigenvalue weighted by molar-refractivity contribution is -0.126. The molecule has 1 heterocycles. The zero-order chi connectivity index (χ0) is 19.3.